The number of carbonyl (C=O) groups is 1. The molecule has 1 saturated heterocycles. The van der Waals surface area contributed by atoms with Crippen molar-refractivity contribution < 1.29 is 9.53 Å². The van der Waals surface area contributed by atoms with Gasteiger partial charge in [-0.2, -0.15) is 0 Å². The zero-order chi connectivity index (χ0) is 15.2. The van der Waals surface area contributed by atoms with Crippen LogP contribution in [-0.2, 0) is 11.8 Å². The van der Waals surface area contributed by atoms with Crippen LogP contribution in [0.5, 0.6) is 0 Å². The van der Waals surface area contributed by atoms with Crippen LogP contribution in [0, 0.1) is 5.92 Å². The maximum absolute atomic E-state index is 12.5. The molecule has 2 heterocycles. The summed E-state index contributed by atoms with van der Waals surface area (Å²) in [4.78, 5) is 26.0. The lowest BCUT2D eigenvalue weighted by molar-refractivity contribution is 0.0660. The van der Waals surface area contributed by atoms with Gasteiger partial charge < -0.3 is 14.2 Å². The van der Waals surface area contributed by atoms with E-state index in [1.165, 1.54) is 17.1 Å². The number of likely N-dealkylation sites (tertiary alicyclic amines) is 1. The van der Waals surface area contributed by atoms with E-state index in [-0.39, 0.29) is 11.5 Å². The van der Waals surface area contributed by atoms with Crippen molar-refractivity contribution in [2.45, 2.75) is 25.7 Å². The predicted molar refractivity (Wildman–Crippen MR) is 81.4 cm³/mol. The maximum atomic E-state index is 12.5. The van der Waals surface area contributed by atoms with Crippen LogP contribution in [0.4, 0.5) is 0 Å². The van der Waals surface area contributed by atoms with Gasteiger partial charge in [-0.1, -0.05) is 0 Å². The van der Waals surface area contributed by atoms with E-state index in [0.29, 0.717) is 11.5 Å². The third kappa shape index (κ3) is 4.17. The van der Waals surface area contributed by atoms with Crippen LogP contribution < -0.4 is 5.56 Å². The molecule has 1 aromatic rings. The molecule has 2 rings (SSSR count). The number of amides is 1. The van der Waals surface area contributed by atoms with Crippen molar-refractivity contribution in [3.8, 4) is 0 Å². The molecule has 0 unspecified atom stereocenters. The minimum atomic E-state index is -0.144. The van der Waals surface area contributed by atoms with E-state index in [2.05, 4.69) is 0 Å². The molecular weight excluding hydrogens is 268 g/mol. The number of methoxy groups -OCH3 is 1. The molecule has 116 valence electrons. The minimum absolute atomic E-state index is 0.0239. The molecule has 1 atom stereocenters. The molecule has 1 fully saturated rings. The third-order valence-corrected chi connectivity index (χ3v) is 4.12. The Bertz CT molecular complexity index is 539. The van der Waals surface area contributed by atoms with Gasteiger partial charge in [-0.3, -0.25) is 9.59 Å². The third-order valence-electron chi connectivity index (χ3n) is 4.12. The second kappa shape index (κ2) is 7.41. The summed E-state index contributed by atoms with van der Waals surface area (Å²) >= 11 is 0. The van der Waals surface area contributed by atoms with Gasteiger partial charge in [0.05, 0.1) is 0 Å². The molecule has 0 N–H and O–H groups in total. The van der Waals surface area contributed by atoms with Crippen molar-refractivity contribution in [1.82, 2.24) is 9.47 Å². The highest BCUT2D eigenvalue weighted by atomic mass is 16.5. The number of piperidine rings is 1. The second-order valence-corrected chi connectivity index (χ2v) is 5.76. The van der Waals surface area contributed by atoms with Crippen LogP contribution in [0.1, 0.15) is 36.0 Å². The molecule has 1 amide bonds. The Kier molecular flexibility index (Phi) is 5.56. The number of hydrogen-bond donors (Lipinski definition) is 0. The lowest BCUT2D eigenvalue weighted by Crippen LogP contribution is -2.40. The first-order chi connectivity index (χ1) is 10.1. The minimum Gasteiger partial charge on any atom is -0.385 e. The highest BCUT2D eigenvalue weighted by Gasteiger charge is 2.24. The van der Waals surface area contributed by atoms with Crippen molar-refractivity contribution in [3.63, 3.8) is 0 Å². The molecule has 0 aromatic carbocycles. The number of pyridine rings is 1. The number of hydrogen-bond acceptors (Lipinski definition) is 3. The van der Waals surface area contributed by atoms with Gasteiger partial charge in [0.1, 0.15) is 0 Å². The summed E-state index contributed by atoms with van der Waals surface area (Å²) in [5, 5.41) is 0. The SMILES string of the molecule is COCCC[C@@H]1CCCN(C(=O)c2ccn(C)c(=O)c2)C1. The second-order valence-electron chi connectivity index (χ2n) is 5.76. The normalized spacial score (nSPS) is 18.8. The van der Waals surface area contributed by atoms with Gasteiger partial charge in [-0.15, -0.1) is 0 Å². The van der Waals surface area contributed by atoms with Gasteiger partial charge in [-0.05, 0) is 37.7 Å². The number of rotatable bonds is 5. The van der Waals surface area contributed by atoms with Crippen molar-refractivity contribution >= 4 is 5.91 Å². The fourth-order valence-electron chi connectivity index (χ4n) is 2.87. The van der Waals surface area contributed by atoms with Gasteiger partial charge in [0.15, 0.2) is 0 Å². The van der Waals surface area contributed by atoms with E-state index in [1.807, 2.05) is 4.90 Å². The lowest BCUT2D eigenvalue weighted by atomic mass is 9.93. The average Bonchev–Trinajstić information content (AvgIpc) is 2.50. The molecule has 0 saturated carbocycles. The zero-order valence-electron chi connectivity index (χ0n) is 12.9. The van der Waals surface area contributed by atoms with Gasteiger partial charge in [0.25, 0.3) is 11.5 Å². The van der Waals surface area contributed by atoms with Crippen molar-refractivity contribution in [2.75, 3.05) is 26.8 Å². The largest absolute Gasteiger partial charge is 0.385 e. The number of carbonyl (C=O) groups excluding carboxylic acids is 1. The van der Waals surface area contributed by atoms with Gasteiger partial charge in [-0.25, -0.2) is 0 Å². The predicted octanol–water partition coefficient (Wildman–Crippen LogP) is 1.66. The summed E-state index contributed by atoms with van der Waals surface area (Å²) in [5.41, 5.74) is 0.352. The standard InChI is InChI=1S/C16H24N2O3/c1-17-9-7-14(11-15(17)19)16(20)18-8-3-5-13(12-18)6-4-10-21-2/h7,9,11,13H,3-6,8,10,12H2,1-2H3/t13-/m0/s1. The molecule has 5 nitrogen and oxygen atoms in total. The highest BCUT2D eigenvalue weighted by molar-refractivity contribution is 5.94. The van der Waals surface area contributed by atoms with Crippen LogP contribution in [0.3, 0.4) is 0 Å². The van der Waals surface area contributed by atoms with E-state index in [4.69, 9.17) is 4.74 Å². The number of aromatic nitrogens is 1. The fraction of sp³-hybridized carbons (Fsp3) is 0.625. The van der Waals surface area contributed by atoms with E-state index in [9.17, 15) is 9.59 Å². The molecule has 1 aliphatic heterocycles. The smallest absolute Gasteiger partial charge is 0.254 e. The summed E-state index contributed by atoms with van der Waals surface area (Å²) < 4.78 is 6.56. The summed E-state index contributed by atoms with van der Waals surface area (Å²) in [6.07, 6.45) is 5.98. The van der Waals surface area contributed by atoms with Gasteiger partial charge in [0, 0.05) is 51.7 Å². The van der Waals surface area contributed by atoms with Crippen LogP contribution in [0.25, 0.3) is 0 Å². The fourth-order valence-corrected chi connectivity index (χ4v) is 2.87. The Balaban J connectivity index is 1.98. The Morgan fingerprint density at radius 2 is 2.29 bits per heavy atom. The Morgan fingerprint density at radius 1 is 1.48 bits per heavy atom. The number of nitrogens with zero attached hydrogens (tertiary/aromatic N) is 2. The topological polar surface area (TPSA) is 51.5 Å². The van der Waals surface area contributed by atoms with Crippen LogP contribution in [0.2, 0.25) is 0 Å². The van der Waals surface area contributed by atoms with Gasteiger partial charge >= 0.3 is 0 Å². The molecule has 0 aliphatic carbocycles. The molecule has 21 heavy (non-hydrogen) atoms. The molecule has 0 spiro atoms. The number of aryl methyl sites for hydroxylation is 1. The Hall–Kier alpha value is -1.62. The average molecular weight is 292 g/mol. The molecule has 5 heteroatoms. The van der Waals surface area contributed by atoms with E-state index >= 15 is 0 Å². The number of ether oxygens (including phenoxy) is 1. The van der Waals surface area contributed by atoms with Gasteiger partial charge in [0.2, 0.25) is 0 Å². The van der Waals surface area contributed by atoms with E-state index in [1.54, 1.807) is 26.4 Å². The van der Waals surface area contributed by atoms with Crippen LogP contribution in [0.15, 0.2) is 23.1 Å². The quantitative estimate of drug-likeness (QED) is 0.776. The summed E-state index contributed by atoms with van der Waals surface area (Å²) in [5.74, 6) is 0.522. The van der Waals surface area contributed by atoms with Crippen LogP contribution >= 0.6 is 0 Å². The first-order valence-electron chi connectivity index (χ1n) is 7.56. The van der Waals surface area contributed by atoms with E-state index < -0.39 is 0 Å². The molecule has 0 bridgehead atoms. The maximum Gasteiger partial charge on any atom is 0.254 e. The summed E-state index contributed by atoms with van der Waals surface area (Å²) in [6, 6.07) is 3.15. The highest BCUT2D eigenvalue weighted by Crippen LogP contribution is 2.22. The molecule has 1 aliphatic rings. The Labute approximate surface area is 125 Å². The first-order valence-corrected chi connectivity index (χ1v) is 7.56. The van der Waals surface area contributed by atoms with E-state index in [0.717, 1.165) is 39.0 Å². The summed E-state index contributed by atoms with van der Waals surface area (Å²) in [6.45, 7) is 2.35. The van der Waals surface area contributed by atoms with Crippen LogP contribution in [-0.4, -0.2) is 42.2 Å². The monoisotopic (exact) mass is 292 g/mol. The van der Waals surface area contributed by atoms with Crippen molar-refractivity contribution in [2.24, 2.45) is 13.0 Å². The lowest BCUT2D eigenvalue weighted by Gasteiger charge is -2.33. The van der Waals surface area contributed by atoms with Crippen molar-refractivity contribution in [3.05, 3.63) is 34.2 Å². The molecular formula is C16H24N2O3. The van der Waals surface area contributed by atoms with Crippen molar-refractivity contribution in [1.29, 1.82) is 0 Å². The Morgan fingerprint density at radius 3 is 3.00 bits per heavy atom. The molecule has 1 aromatic heterocycles. The first kappa shape index (κ1) is 15.8. The molecule has 0 radical (unpaired) electrons. The summed E-state index contributed by atoms with van der Waals surface area (Å²) in [7, 11) is 3.40. The zero-order valence-corrected chi connectivity index (χ0v) is 12.9.